The van der Waals surface area contributed by atoms with Gasteiger partial charge in [-0.2, -0.15) is 26.3 Å². The van der Waals surface area contributed by atoms with E-state index in [1.54, 1.807) is 48.5 Å². The number of amides is 2. The summed E-state index contributed by atoms with van der Waals surface area (Å²) in [7, 11) is -8.45. The van der Waals surface area contributed by atoms with Crippen LogP contribution in [-0.2, 0) is 42.7 Å². The average molecular weight is 922 g/mol. The smallest absolute Gasteiger partial charge is 0.387 e. The van der Waals surface area contributed by atoms with Gasteiger partial charge >= 0.3 is 19.8 Å². The third-order valence-electron chi connectivity index (χ3n) is 8.75. The second kappa shape index (κ2) is 19.0. The van der Waals surface area contributed by atoms with Crippen molar-refractivity contribution in [1.29, 1.82) is 0 Å². The van der Waals surface area contributed by atoms with Crippen molar-refractivity contribution in [3.8, 4) is 17.2 Å². The molecule has 0 unspecified atom stereocenters. The number of alkyl halides is 6. The Morgan fingerprint density at radius 2 is 0.855 bits per heavy atom. The van der Waals surface area contributed by atoms with Crippen molar-refractivity contribution in [2.24, 2.45) is 0 Å². The minimum absolute atomic E-state index is 0.0690. The third-order valence-corrected chi connectivity index (χ3v) is 12.9. The Morgan fingerprint density at radius 3 is 1.26 bits per heavy atom. The lowest BCUT2D eigenvalue weighted by molar-refractivity contribution is -0.123. The van der Waals surface area contributed by atoms with E-state index >= 15 is 0 Å². The van der Waals surface area contributed by atoms with Crippen molar-refractivity contribution in [1.82, 2.24) is 8.61 Å². The molecule has 7 rings (SSSR count). The zero-order valence-electron chi connectivity index (χ0n) is 31.4. The van der Waals surface area contributed by atoms with Crippen molar-refractivity contribution in [3.05, 3.63) is 166 Å². The van der Waals surface area contributed by atoms with E-state index in [9.17, 15) is 52.8 Å². The highest BCUT2D eigenvalue weighted by molar-refractivity contribution is 8.00. The maximum absolute atomic E-state index is 13.5. The Morgan fingerprint density at radius 1 is 0.500 bits per heavy atom. The summed E-state index contributed by atoms with van der Waals surface area (Å²) in [6.45, 7) is -9.62. The van der Waals surface area contributed by atoms with Gasteiger partial charge in [0.15, 0.2) is 0 Å². The summed E-state index contributed by atoms with van der Waals surface area (Å²) in [4.78, 5) is 25.2. The molecule has 0 spiro atoms. The van der Waals surface area contributed by atoms with Crippen LogP contribution in [0.15, 0.2) is 144 Å². The van der Waals surface area contributed by atoms with E-state index in [1.165, 1.54) is 84.9 Å². The maximum Gasteiger partial charge on any atom is 0.387 e. The van der Waals surface area contributed by atoms with Crippen molar-refractivity contribution in [2.75, 3.05) is 5.32 Å². The Kier molecular flexibility index (Phi) is 13.8. The zero-order chi connectivity index (χ0) is 44.8. The van der Waals surface area contributed by atoms with Crippen molar-refractivity contribution in [2.45, 2.75) is 32.9 Å². The molecule has 2 aliphatic rings. The maximum atomic E-state index is 13.5. The fraction of sp³-hybridized carbons (Fsp3) is 0.122. The fourth-order valence-corrected chi connectivity index (χ4v) is 9.86. The van der Waals surface area contributed by atoms with Crippen LogP contribution in [0.5, 0.6) is 17.2 Å². The van der Waals surface area contributed by atoms with Crippen LogP contribution in [0.3, 0.4) is 0 Å². The number of carbonyl (C=O) groups is 2. The molecule has 5 aromatic rings. The van der Waals surface area contributed by atoms with Crippen LogP contribution < -0.4 is 19.5 Å². The molecular weight excluding hydrogens is 892 g/mol. The largest absolute Gasteiger partial charge is 0.435 e. The van der Waals surface area contributed by atoms with E-state index in [2.05, 4.69) is 19.5 Å². The van der Waals surface area contributed by atoms with Gasteiger partial charge in [0.05, 0.1) is 13.1 Å². The molecule has 0 radical (unpaired) electrons. The summed E-state index contributed by atoms with van der Waals surface area (Å²) < 4.78 is 141. The molecule has 12 nitrogen and oxygen atoms in total. The summed E-state index contributed by atoms with van der Waals surface area (Å²) in [6.07, 6.45) is 0. The van der Waals surface area contributed by atoms with Gasteiger partial charge in [0.2, 0.25) is 0 Å². The van der Waals surface area contributed by atoms with Gasteiger partial charge in [-0.1, -0.05) is 96.5 Å². The molecule has 0 aromatic heterocycles. The van der Waals surface area contributed by atoms with Crippen LogP contribution in [0.4, 0.5) is 32.0 Å². The molecule has 1 N–H and O–H groups in total. The first-order valence-electron chi connectivity index (χ1n) is 17.7. The second-order valence-corrected chi connectivity index (χ2v) is 16.8. The molecule has 5 aromatic carbocycles. The average Bonchev–Trinajstić information content (AvgIpc) is 3.51. The number of sulfonamides is 2. The normalized spacial score (nSPS) is 15.6. The topological polar surface area (TPSA) is 149 Å². The highest BCUT2D eigenvalue weighted by Gasteiger charge is 2.45. The predicted octanol–water partition coefficient (Wildman–Crippen LogP) is 8.61. The number of rotatable bonds is 14. The highest BCUT2D eigenvalue weighted by atomic mass is 35.5. The van der Waals surface area contributed by atoms with Gasteiger partial charge in [-0.25, -0.2) is 25.4 Å². The molecular formula is C41H30ClF6N3O9S2. The monoisotopic (exact) mass is 921 g/mol. The van der Waals surface area contributed by atoms with Gasteiger partial charge in [0.25, 0.3) is 31.9 Å². The van der Waals surface area contributed by atoms with Crippen LogP contribution in [0.1, 0.15) is 22.3 Å². The number of nitrogens with one attached hydrogen (secondary N) is 1. The minimum atomic E-state index is -4.32. The quantitative estimate of drug-likeness (QED) is 0.107. The first-order chi connectivity index (χ1) is 29.4. The fourth-order valence-electron chi connectivity index (χ4n) is 6.03. The number of ether oxygens (including phenoxy) is 3. The number of hydrogen-bond donors (Lipinski definition) is 1. The second-order valence-electron chi connectivity index (χ2n) is 12.8. The molecule has 0 saturated heterocycles. The zero-order valence-corrected chi connectivity index (χ0v) is 33.8. The SMILES string of the molecule is O=C1C(Cl)=C(c2ccccc2)S(=O)(=O)N1Cc1ccc(OC(F)F)cc1.O=C1C(Nc2ccc(OC(F)F)cc2)=C(c2ccccc2)S(=O)(=O)N1Cc1ccc(OC(F)F)cc1. The minimum Gasteiger partial charge on any atom is -0.435 e. The van der Waals surface area contributed by atoms with E-state index < -0.39 is 51.7 Å². The standard InChI is InChI=1S/C24H18F4N2O5S.C17H12ClF2NO4S/c25-23(26)34-18-10-6-15(7-11-18)14-30-22(31)20(21(36(30,32)33)16-4-2-1-3-5-16)29-17-8-12-19(13-9-17)35-24(27)28;18-14-15(12-4-2-1-3-5-12)26(23,24)21(16(14)22)10-11-6-8-13(9-7-11)25-17(19)20/h1-13,23-24,29H,14H2;1-9,17H,10H2. The lowest BCUT2D eigenvalue weighted by atomic mass is 10.1. The Labute approximate surface area is 355 Å². The van der Waals surface area contributed by atoms with Gasteiger partial charge in [-0.05, 0) is 70.8 Å². The van der Waals surface area contributed by atoms with Crippen LogP contribution in [0, 0.1) is 0 Å². The first-order valence-corrected chi connectivity index (χ1v) is 21.0. The summed E-state index contributed by atoms with van der Waals surface area (Å²) in [5.74, 6) is -1.98. The molecule has 21 heteroatoms. The molecule has 62 heavy (non-hydrogen) atoms. The number of anilines is 1. The van der Waals surface area contributed by atoms with E-state index in [0.29, 0.717) is 25.3 Å². The van der Waals surface area contributed by atoms with Gasteiger partial charge in [-0.15, -0.1) is 0 Å². The Hall–Kier alpha value is -6.51. The Balaban J connectivity index is 0.000000218. The molecule has 0 saturated carbocycles. The summed E-state index contributed by atoms with van der Waals surface area (Å²) in [6, 6.07) is 31.8. The number of halogens is 7. The van der Waals surface area contributed by atoms with Crippen molar-refractivity contribution < 1.29 is 67.0 Å². The van der Waals surface area contributed by atoms with Crippen LogP contribution in [0.25, 0.3) is 9.81 Å². The predicted molar refractivity (Wildman–Crippen MR) is 214 cm³/mol. The van der Waals surface area contributed by atoms with E-state index in [1.807, 2.05) is 0 Å². The molecule has 0 atom stereocenters. The summed E-state index contributed by atoms with van der Waals surface area (Å²) in [5.41, 5.74) is 1.38. The summed E-state index contributed by atoms with van der Waals surface area (Å²) >= 11 is 6.00. The number of carbonyl (C=O) groups excluding carboxylic acids is 2. The van der Waals surface area contributed by atoms with Crippen LogP contribution in [0.2, 0.25) is 0 Å². The van der Waals surface area contributed by atoms with Crippen molar-refractivity contribution in [3.63, 3.8) is 0 Å². The molecule has 2 amide bonds. The first kappa shape index (κ1) is 45.0. The van der Waals surface area contributed by atoms with Gasteiger partial charge in [0, 0.05) is 5.69 Å². The van der Waals surface area contributed by atoms with E-state index in [0.717, 1.165) is 0 Å². The molecule has 0 bridgehead atoms. The highest BCUT2D eigenvalue weighted by Crippen LogP contribution is 2.39. The van der Waals surface area contributed by atoms with E-state index in [-0.39, 0.29) is 62.1 Å². The molecule has 2 heterocycles. The van der Waals surface area contributed by atoms with Crippen molar-refractivity contribution >= 4 is 59.0 Å². The molecule has 2 aliphatic heterocycles. The molecule has 0 fully saturated rings. The number of hydrogen-bond acceptors (Lipinski definition) is 10. The molecule has 0 aliphatic carbocycles. The Bertz CT molecular complexity index is 2700. The van der Waals surface area contributed by atoms with Gasteiger partial charge < -0.3 is 19.5 Å². The van der Waals surface area contributed by atoms with Gasteiger partial charge in [-0.3, -0.25) is 9.59 Å². The lowest BCUT2D eigenvalue weighted by Crippen LogP contribution is -2.31. The third kappa shape index (κ3) is 10.3. The van der Waals surface area contributed by atoms with Crippen LogP contribution >= 0.6 is 11.6 Å². The molecule has 324 valence electrons. The summed E-state index contributed by atoms with van der Waals surface area (Å²) in [5, 5.41) is 2.40. The number of benzene rings is 5. The van der Waals surface area contributed by atoms with Crippen LogP contribution in [-0.4, -0.2) is 57.1 Å². The van der Waals surface area contributed by atoms with Gasteiger partial charge in [0.1, 0.15) is 37.8 Å². The number of nitrogens with zero attached hydrogens (tertiary/aromatic N) is 2. The van der Waals surface area contributed by atoms with E-state index in [4.69, 9.17) is 11.6 Å². The lowest BCUT2D eigenvalue weighted by Gasteiger charge is -2.17.